The summed E-state index contributed by atoms with van der Waals surface area (Å²) in [5, 5.41) is 14.0. The molecule has 0 saturated carbocycles. The van der Waals surface area contributed by atoms with Gasteiger partial charge in [0.2, 0.25) is 0 Å². The molecule has 1 heterocycles. The van der Waals surface area contributed by atoms with E-state index < -0.39 is 10.8 Å². The predicted octanol–water partition coefficient (Wildman–Crippen LogP) is 1.53. The fourth-order valence-electron chi connectivity index (χ4n) is 1.65. The Morgan fingerprint density at radius 1 is 1.57 bits per heavy atom. The lowest BCUT2D eigenvalue weighted by Crippen LogP contribution is -2.30. The van der Waals surface area contributed by atoms with Crippen molar-refractivity contribution < 1.29 is 14.5 Å². The molecule has 0 aromatic carbocycles. The minimum Gasteiger partial charge on any atom is -0.383 e. The van der Waals surface area contributed by atoms with Gasteiger partial charge in [-0.2, -0.15) is 0 Å². The lowest BCUT2D eigenvalue weighted by atomic mass is 10.2. The molecule has 21 heavy (non-hydrogen) atoms. The van der Waals surface area contributed by atoms with E-state index in [9.17, 15) is 14.9 Å². The van der Waals surface area contributed by atoms with Gasteiger partial charge in [0, 0.05) is 33.3 Å². The number of aromatic nitrogens is 1. The molecule has 0 aliphatic rings. The highest BCUT2D eigenvalue weighted by Gasteiger charge is 2.24. The van der Waals surface area contributed by atoms with Gasteiger partial charge >= 0.3 is 0 Å². The first-order valence-electron chi connectivity index (χ1n) is 6.64. The summed E-state index contributed by atoms with van der Waals surface area (Å²) in [6.45, 7) is 3.38. The summed E-state index contributed by atoms with van der Waals surface area (Å²) in [5.74, 6) is 0.0200. The molecule has 0 aliphatic heterocycles. The Kier molecular flexibility index (Phi) is 6.54. The molecular formula is C13H20N4O4. The van der Waals surface area contributed by atoms with Gasteiger partial charge in [-0.1, -0.05) is 6.92 Å². The zero-order valence-corrected chi connectivity index (χ0v) is 12.5. The highest BCUT2D eigenvalue weighted by molar-refractivity contribution is 5.98. The number of anilines is 1. The summed E-state index contributed by atoms with van der Waals surface area (Å²) in [4.78, 5) is 28.1. The van der Waals surface area contributed by atoms with Gasteiger partial charge in [0.25, 0.3) is 11.6 Å². The van der Waals surface area contributed by atoms with Crippen molar-refractivity contribution in [2.75, 3.05) is 39.2 Å². The maximum atomic E-state index is 12.3. The number of methoxy groups -OCH3 is 1. The number of nitrogens with one attached hydrogen (secondary N) is 1. The van der Waals surface area contributed by atoms with Crippen LogP contribution in [-0.2, 0) is 4.74 Å². The Labute approximate surface area is 123 Å². The van der Waals surface area contributed by atoms with Crippen LogP contribution in [0.15, 0.2) is 12.3 Å². The second-order valence-corrected chi connectivity index (χ2v) is 4.49. The van der Waals surface area contributed by atoms with E-state index in [0.29, 0.717) is 25.5 Å². The van der Waals surface area contributed by atoms with Crippen LogP contribution in [0.3, 0.4) is 0 Å². The lowest BCUT2D eigenvalue weighted by Gasteiger charge is -2.17. The number of carbonyl (C=O) groups is 1. The Balaban J connectivity index is 3.04. The van der Waals surface area contributed by atoms with Crippen molar-refractivity contribution in [3.05, 3.63) is 27.9 Å². The van der Waals surface area contributed by atoms with Gasteiger partial charge in [0.15, 0.2) is 0 Å². The zero-order valence-electron chi connectivity index (χ0n) is 12.5. The minimum absolute atomic E-state index is 0.0206. The molecule has 1 N–H and O–H groups in total. The second-order valence-electron chi connectivity index (χ2n) is 4.49. The molecule has 1 aromatic rings. The van der Waals surface area contributed by atoms with Crippen molar-refractivity contribution in [2.24, 2.45) is 0 Å². The molecule has 0 aliphatic carbocycles. The molecule has 8 nitrogen and oxygen atoms in total. The van der Waals surface area contributed by atoms with Gasteiger partial charge in [-0.3, -0.25) is 14.9 Å². The van der Waals surface area contributed by atoms with Crippen molar-refractivity contribution in [1.82, 2.24) is 9.88 Å². The number of amides is 1. The van der Waals surface area contributed by atoms with E-state index in [2.05, 4.69) is 10.3 Å². The minimum atomic E-state index is -0.603. The van der Waals surface area contributed by atoms with Gasteiger partial charge in [-0.15, -0.1) is 0 Å². The molecule has 1 amide bonds. The summed E-state index contributed by atoms with van der Waals surface area (Å²) in [6, 6.07) is 1.42. The van der Waals surface area contributed by atoms with Gasteiger partial charge in [-0.25, -0.2) is 4.98 Å². The predicted molar refractivity (Wildman–Crippen MR) is 78.5 cm³/mol. The van der Waals surface area contributed by atoms with E-state index in [1.165, 1.54) is 18.1 Å². The van der Waals surface area contributed by atoms with Gasteiger partial charge in [0.05, 0.1) is 11.5 Å². The third-order valence-corrected chi connectivity index (χ3v) is 2.84. The lowest BCUT2D eigenvalue weighted by molar-refractivity contribution is -0.385. The van der Waals surface area contributed by atoms with Crippen LogP contribution < -0.4 is 5.32 Å². The molecule has 0 radical (unpaired) electrons. The number of hydrogen-bond donors (Lipinski definition) is 1. The number of rotatable bonds is 8. The normalized spacial score (nSPS) is 10.2. The van der Waals surface area contributed by atoms with Crippen LogP contribution >= 0.6 is 0 Å². The van der Waals surface area contributed by atoms with E-state index in [4.69, 9.17) is 4.74 Å². The number of pyridine rings is 1. The number of nitro groups is 1. The van der Waals surface area contributed by atoms with Gasteiger partial charge in [-0.05, 0) is 6.42 Å². The average molecular weight is 296 g/mol. The molecule has 0 unspecified atom stereocenters. The van der Waals surface area contributed by atoms with Crippen LogP contribution in [-0.4, -0.2) is 54.6 Å². The van der Waals surface area contributed by atoms with Crippen LogP contribution in [0.4, 0.5) is 11.5 Å². The number of carbonyl (C=O) groups excluding carboxylic acids is 1. The van der Waals surface area contributed by atoms with Crippen molar-refractivity contribution in [3.8, 4) is 0 Å². The molecule has 0 fully saturated rings. The quantitative estimate of drug-likeness (QED) is 0.577. The van der Waals surface area contributed by atoms with Crippen LogP contribution in [0, 0.1) is 10.1 Å². The molecule has 0 saturated heterocycles. The zero-order chi connectivity index (χ0) is 15.8. The molecule has 0 spiro atoms. The number of likely N-dealkylation sites (N-methyl/N-ethyl adjacent to an activating group) is 1. The van der Waals surface area contributed by atoms with Crippen molar-refractivity contribution in [2.45, 2.75) is 13.3 Å². The summed E-state index contributed by atoms with van der Waals surface area (Å²) >= 11 is 0. The first-order valence-corrected chi connectivity index (χ1v) is 6.64. The van der Waals surface area contributed by atoms with Gasteiger partial charge < -0.3 is 15.0 Å². The van der Waals surface area contributed by atoms with Crippen LogP contribution in [0.2, 0.25) is 0 Å². The third kappa shape index (κ3) is 4.67. The maximum Gasteiger partial charge on any atom is 0.300 e. The molecule has 1 rings (SSSR count). The number of nitrogens with zero attached hydrogens (tertiary/aromatic N) is 3. The van der Waals surface area contributed by atoms with E-state index in [1.807, 2.05) is 6.92 Å². The van der Waals surface area contributed by atoms with E-state index in [0.717, 1.165) is 12.6 Å². The topological polar surface area (TPSA) is 97.6 Å². The second kappa shape index (κ2) is 8.15. The molecular weight excluding hydrogens is 276 g/mol. The van der Waals surface area contributed by atoms with Crippen molar-refractivity contribution in [3.63, 3.8) is 0 Å². The Morgan fingerprint density at radius 2 is 2.29 bits per heavy atom. The fourth-order valence-corrected chi connectivity index (χ4v) is 1.65. The average Bonchev–Trinajstić information content (AvgIpc) is 2.49. The molecule has 1 aromatic heterocycles. The largest absolute Gasteiger partial charge is 0.383 e. The Hall–Kier alpha value is -2.22. The summed E-state index contributed by atoms with van der Waals surface area (Å²) in [6.07, 6.45) is 1.99. The maximum absolute atomic E-state index is 12.3. The standard InChI is InChI=1S/C13H20N4O4/c1-4-5-14-12-8-10(11(9-15-12)17(19)20)13(18)16(2)6-7-21-3/h8-9H,4-7H2,1-3H3,(H,14,15). The van der Waals surface area contributed by atoms with E-state index in [-0.39, 0.29) is 11.3 Å². The Morgan fingerprint density at radius 3 is 2.86 bits per heavy atom. The van der Waals surface area contributed by atoms with Crippen LogP contribution in [0.25, 0.3) is 0 Å². The van der Waals surface area contributed by atoms with Crippen molar-refractivity contribution >= 4 is 17.4 Å². The van der Waals surface area contributed by atoms with Gasteiger partial charge in [0.1, 0.15) is 17.6 Å². The molecule has 116 valence electrons. The monoisotopic (exact) mass is 296 g/mol. The van der Waals surface area contributed by atoms with E-state index >= 15 is 0 Å². The molecule has 0 bridgehead atoms. The Bertz CT molecular complexity index is 507. The SMILES string of the molecule is CCCNc1cc(C(=O)N(C)CCOC)c([N+](=O)[O-])cn1. The molecule has 8 heteroatoms. The number of hydrogen-bond acceptors (Lipinski definition) is 6. The summed E-state index contributed by atoms with van der Waals surface area (Å²) in [5.41, 5.74) is -0.279. The summed E-state index contributed by atoms with van der Waals surface area (Å²) < 4.78 is 4.90. The first kappa shape index (κ1) is 16.8. The number of ether oxygens (including phenoxy) is 1. The fraction of sp³-hybridized carbons (Fsp3) is 0.538. The van der Waals surface area contributed by atoms with Crippen molar-refractivity contribution in [1.29, 1.82) is 0 Å². The van der Waals surface area contributed by atoms with Crippen LogP contribution in [0.1, 0.15) is 23.7 Å². The highest BCUT2D eigenvalue weighted by Crippen LogP contribution is 2.21. The third-order valence-electron chi connectivity index (χ3n) is 2.84. The van der Waals surface area contributed by atoms with Crippen LogP contribution in [0.5, 0.6) is 0 Å². The van der Waals surface area contributed by atoms with E-state index in [1.54, 1.807) is 7.05 Å². The smallest absolute Gasteiger partial charge is 0.300 e. The summed E-state index contributed by atoms with van der Waals surface area (Å²) in [7, 11) is 3.10. The highest BCUT2D eigenvalue weighted by atomic mass is 16.6. The molecule has 0 atom stereocenters. The first-order chi connectivity index (χ1) is 10.0.